The molecule has 0 saturated heterocycles. The average molecular weight is 253 g/mol. The summed E-state index contributed by atoms with van der Waals surface area (Å²) in [5, 5.41) is 1.45. The van der Waals surface area contributed by atoms with Crippen molar-refractivity contribution in [2.24, 2.45) is 0 Å². The average Bonchev–Trinajstić information content (AvgIpc) is 1.97. The predicted octanol–water partition coefficient (Wildman–Crippen LogP) is 2.85. The van der Waals surface area contributed by atoms with Crippen molar-refractivity contribution in [1.82, 2.24) is 0 Å². The third-order valence-corrected chi connectivity index (χ3v) is 2.23. The van der Waals surface area contributed by atoms with Gasteiger partial charge in [0.05, 0.1) is 5.41 Å². The van der Waals surface area contributed by atoms with Crippen LogP contribution in [0.4, 0.5) is 0 Å². The van der Waals surface area contributed by atoms with Crippen LogP contribution in [-0.4, -0.2) is 13.0 Å². The van der Waals surface area contributed by atoms with E-state index in [2.05, 4.69) is 0 Å². The van der Waals surface area contributed by atoms with Crippen LogP contribution in [0, 0.1) is 0 Å². The minimum Gasteiger partial charge on any atom is -0.282 e. The van der Waals surface area contributed by atoms with Gasteiger partial charge in [0.1, 0.15) is 0 Å². The summed E-state index contributed by atoms with van der Waals surface area (Å²) in [5.74, 6) is 0. The zero-order chi connectivity index (χ0) is 10.8. The largest absolute Gasteiger partial charge is 0.287 e. The van der Waals surface area contributed by atoms with Crippen LogP contribution in [0.5, 0.6) is 0 Å². The predicted molar refractivity (Wildman–Crippen MR) is 57.0 cm³/mol. The van der Waals surface area contributed by atoms with E-state index in [4.69, 9.17) is 27.8 Å². The van der Waals surface area contributed by atoms with Crippen molar-refractivity contribution in [1.29, 1.82) is 0 Å². The summed E-state index contributed by atoms with van der Waals surface area (Å²) in [7, 11) is -4.11. The molecule has 0 saturated carbocycles. The van der Waals surface area contributed by atoms with Crippen molar-refractivity contribution in [2.75, 3.05) is 0 Å². The van der Waals surface area contributed by atoms with Crippen molar-refractivity contribution in [2.45, 2.75) is 0 Å². The lowest BCUT2D eigenvalue weighted by Gasteiger charge is -1.96. The molecule has 0 amide bonds. The number of hydrogen-bond acceptors (Lipinski definition) is 2. The summed E-state index contributed by atoms with van der Waals surface area (Å²) in [6, 6.07) is 4.57. The fourth-order valence-electron chi connectivity index (χ4n) is 0.836. The van der Waals surface area contributed by atoms with Gasteiger partial charge in [-0.3, -0.25) is 4.55 Å². The summed E-state index contributed by atoms with van der Waals surface area (Å²) >= 11 is 11.3. The molecule has 3 nitrogen and oxygen atoms in total. The van der Waals surface area contributed by atoms with E-state index in [1.165, 1.54) is 24.3 Å². The second-order valence-corrected chi connectivity index (χ2v) is 4.70. The van der Waals surface area contributed by atoms with Crippen molar-refractivity contribution in [3.8, 4) is 0 Å². The highest BCUT2D eigenvalue weighted by molar-refractivity contribution is 7.88. The first-order chi connectivity index (χ1) is 6.37. The summed E-state index contributed by atoms with van der Waals surface area (Å²) in [6.45, 7) is 0. The van der Waals surface area contributed by atoms with E-state index in [1.54, 1.807) is 0 Å². The van der Waals surface area contributed by atoms with Gasteiger partial charge >= 0.3 is 0 Å². The molecule has 0 spiro atoms. The van der Waals surface area contributed by atoms with E-state index < -0.39 is 10.1 Å². The molecule has 76 valence electrons. The molecule has 0 atom stereocenters. The first kappa shape index (κ1) is 11.5. The summed E-state index contributed by atoms with van der Waals surface area (Å²) < 4.78 is 29.2. The summed E-state index contributed by atoms with van der Waals surface area (Å²) in [5.41, 5.74) is 0.500. The molecule has 14 heavy (non-hydrogen) atoms. The van der Waals surface area contributed by atoms with Gasteiger partial charge in [0.15, 0.2) is 0 Å². The minimum absolute atomic E-state index is 0.396. The first-order valence-electron chi connectivity index (χ1n) is 3.48. The smallest absolute Gasteiger partial charge is 0.282 e. The molecule has 0 heterocycles. The molecule has 1 aromatic carbocycles. The van der Waals surface area contributed by atoms with E-state index in [0.717, 1.165) is 0 Å². The van der Waals surface area contributed by atoms with Crippen molar-refractivity contribution >= 4 is 39.4 Å². The minimum atomic E-state index is -4.11. The Balaban J connectivity index is 3.04. The molecule has 1 rings (SSSR count). The number of benzene rings is 1. The molecular formula is C8H6Cl2O3S. The van der Waals surface area contributed by atoms with E-state index in [1.807, 2.05) is 0 Å². The fraction of sp³-hybridized carbons (Fsp3) is 0. The van der Waals surface area contributed by atoms with E-state index in [0.29, 0.717) is 21.0 Å². The number of hydrogen-bond donors (Lipinski definition) is 1. The topological polar surface area (TPSA) is 54.4 Å². The van der Waals surface area contributed by atoms with E-state index >= 15 is 0 Å². The SMILES string of the molecule is O=S(=O)(O)C=Cc1cc(Cl)cc(Cl)c1. The van der Waals surface area contributed by atoms with Crippen molar-refractivity contribution in [3.63, 3.8) is 0 Å². The quantitative estimate of drug-likeness (QED) is 0.824. The molecular weight excluding hydrogens is 247 g/mol. The number of halogens is 2. The Bertz CT molecular complexity index is 445. The number of rotatable bonds is 2. The highest BCUT2D eigenvalue weighted by Crippen LogP contribution is 2.19. The Hall–Kier alpha value is -0.550. The molecule has 1 aromatic rings. The Morgan fingerprint density at radius 3 is 2.07 bits per heavy atom. The maximum Gasteiger partial charge on any atom is 0.287 e. The van der Waals surface area contributed by atoms with Crippen LogP contribution in [0.15, 0.2) is 23.6 Å². The fourth-order valence-corrected chi connectivity index (χ4v) is 1.71. The van der Waals surface area contributed by atoms with Crippen LogP contribution >= 0.6 is 23.2 Å². The van der Waals surface area contributed by atoms with Crippen LogP contribution < -0.4 is 0 Å². The lowest BCUT2D eigenvalue weighted by atomic mass is 10.2. The third kappa shape index (κ3) is 4.11. The van der Waals surface area contributed by atoms with E-state index in [9.17, 15) is 8.42 Å². The zero-order valence-electron chi connectivity index (χ0n) is 6.81. The second kappa shape index (κ2) is 4.31. The van der Waals surface area contributed by atoms with Crippen LogP contribution in [0.25, 0.3) is 6.08 Å². The second-order valence-electron chi connectivity index (χ2n) is 2.52. The maximum absolute atomic E-state index is 10.4. The lowest BCUT2D eigenvalue weighted by Crippen LogP contribution is -1.88. The Kier molecular flexibility index (Phi) is 3.55. The molecule has 0 unspecified atom stereocenters. The molecule has 0 aliphatic carbocycles. The molecule has 0 radical (unpaired) electrons. The van der Waals surface area contributed by atoms with Crippen LogP contribution in [-0.2, 0) is 10.1 Å². The molecule has 0 fully saturated rings. The van der Waals surface area contributed by atoms with Crippen LogP contribution in [0.2, 0.25) is 10.0 Å². The maximum atomic E-state index is 10.4. The van der Waals surface area contributed by atoms with Gasteiger partial charge in [0.25, 0.3) is 10.1 Å². The molecule has 0 aromatic heterocycles. The Morgan fingerprint density at radius 2 is 1.64 bits per heavy atom. The zero-order valence-corrected chi connectivity index (χ0v) is 9.14. The van der Waals surface area contributed by atoms with Gasteiger partial charge in [-0.2, -0.15) is 8.42 Å². The van der Waals surface area contributed by atoms with Gasteiger partial charge in [-0.25, -0.2) is 0 Å². The molecule has 0 aliphatic heterocycles. The third-order valence-electron chi connectivity index (χ3n) is 1.32. The standard InChI is InChI=1S/C8H6Cl2O3S/c9-7-3-6(4-8(10)5-7)1-2-14(11,12)13/h1-5H,(H,11,12,13). The van der Waals surface area contributed by atoms with Gasteiger partial charge in [-0.1, -0.05) is 23.2 Å². The molecule has 0 bridgehead atoms. The molecule has 6 heteroatoms. The van der Waals surface area contributed by atoms with Gasteiger partial charge in [0, 0.05) is 10.0 Å². The Labute approximate surface area is 91.7 Å². The molecule has 0 aliphatic rings. The van der Waals surface area contributed by atoms with Gasteiger partial charge < -0.3 is 0 Å². The summed E-state index contributed by atoms with van der Waals surface area (Å²) in [4.78, 5) is 0. The van der Waals surface area contributed by atoms with Crippen molar-refractivity contribution < 1.29 is 13.0 Å². The van der Waals surface area contributed by atoms with Crippen molar-refractivity contribution in [3.05, 3.63) is 39.2 Å². The van der Waals surface area contributed by atoms with Gasteiger partial charge in [-0.05, 0) is 29.8 Å². The van der Waals surface area contributed by atoms with Crippen LogP contribution in [0.1, 0.15) is 5.56 Å². The highest BCUT2D eigenvalue weighted by atomic mass is 35.5. The normalized spacial score (nSPS) is 12.2. The van der Waals surface area contributed by atoms with Gasteiger partial charge in [0.2, 0.25) is 0 Å². The monoisotopic (exact) mass is 252 g/mol. The lowest BCUT2D eigenvalue weighted by molar-refractivity contribution is 0.494. The highest BCUT2D eigenvalue weighted by Gasteiger charge is 1.98. The van der Waals surface area contributed by atoms with Gasteiger partial charge in [-0.15, -0.1) is 0 Å². The first-order valence-corrected chi connectivity index (χ1v) is 5.74. The summed E-state index contributed by atoms with van der Waals surface area (Å²) in [6.07, 6.45) is 1.20. The molecule has 1 N–H and O–H groups in total. The van der Waals surface area contributed by atoms with E-state index in [-0.39, 0.29) is 0 Å². The Morgan fingerprint density at radius 1 is 1.14 bits per heavy atom. The van der Waals surface area contributed by atoms with Crippen LogP contribution in [0.3, 0.4) is 0 Å².